The normalized spacial score (nSPS) is 22.5. The SMILES string of the molecule is CC(C)c1cc(O)cc2c1C(C)CCS2(=O)=O. The van der Waals surface area contributed by atoms with Gasteiger partial charge in [-0.3, -0.25) is 0 Å². The number of benzene rings is 1. The van der Waals surface area contributed by atoms with Crippen LogP contribution in [0.3, 0.4) is 0 Å². The van der Waals surface area contributed by atoms with Gasteiger partial charge in [-0.05, 0) is 41.5 Å². The second-order valence-electron chi connectivity index (χ2n) is 5.11. The molecule has 1 N–H and O–H groups in total. The molecule has 1 aromatic carbocycles. The molecule has 0 spiro atoms. The number of aromatic hydroxyl groups is 1. The van der Waals surface area contributed by atoms with Crippen molar-refractivity contribution in [2.24, 2.45) is 0 Å². The average Bonchev–Trinajstić information content (AvgIpc) is 2.23. The minimum absolute atomic E-state index is 0.0464. The first-order valence-electron chi connectivity index (χ1n) is 5.92. The van der Waals surface area contributed by atoms with E-state index in [2.05, 4.69) is 6.92 Å². The molecule has 0 saturated carbocycles. The summed E-state index contributed by atoms with van der Waals surface area (Å²) in [6, 6.07) is 3.09. The van der Waals surface area contributed by atoms with E-state index in [1.54, 1.807) is 6.07 Å². The van der Waals surface area contributed by atoms with E-state index < -0.39 is 9.84 Å². The Balaban J connectivity index is 2.79. The number of hydrogen-bond acceptors (Lipinski definition) is 3. The van der Waals surface area contributed by atoms with Gasteiger partial charge in [0, 0.05) is 0 Å². The molecule has 94 valence electrons. The zero-order valence-corrected chi connectivity index (χ0v) is 11.2. The summed E-state index contributed by atoms with van der Waals surface area (Å²) >= 11 is 0. The fourth-order valence-corrected chi connectivity index (χ4v) is 4.32. The molecule has 2 rings (SSSR count). The molecule has 1 aliphatic rings. The molecule has 1 aliphatic heterocycles. The minimum atomic E-state index is -3.21. The fourth-order valence-electron chi connectivity index (χ4n) is 2.48. The van der Waals surface area contributed by atoms with Gasteiger partial charge in [-0.1, -0.05) is 20.8 Å². The summed E-state index contributed by atoms with van der Waals surface area (Å²) in [5, 5.41) is 9.67. The van der Waals surface area contributed by atoms with E-state index in [9.17, 15) is 13.5 Å². The number of phenolic OH excluding ortho intramolecular Hbond substituents is 1. The van der Waals surface area contributed by atoms with E-state index in [1.165, 1.54) is 6.07 Å². The smallest absolute Gasteiger partial charge is 0.178 e. The van der Waals surface area contributed by atoms with E-state index in [0.717, 1.165) is 11.1 Å². The Morgan fingerprint density at radius 2 is 2.00 bits per heavy atom. The Bertz CT molecular complexity index is 544. The predicted molar refractivity (Wildman–Crippen MR) is 67.3 cm³/mol. The van der Waals surface area contributed by atoms with Crippen molar-refractivity contribution < 1.29 is 13.5 Å². The first-order chi connectivity index (χ1) is 7.83. The fraction of sp³-hybridized carbons (Fsp3) is 0.538. The molecule has 1 heterocycles. The Hall–Kier alpha value is -1.03. The van der Waals surface area contributed by atoms with Crippen molar-refractivity contribution in [3.63, 3.8) is 0 Å². The lowest BCUT2D eigenvalue weighted by atomic mass is 9.88. The maximum absolute atomic E-state index is 12.0. The van der Waals surface area contributed by atoms with Gasteiger partial charge in [0.2, 0.25) is 0 Å². The Morgan fingerprint density at radius 3 is 2.59 bits per heavy atom. The molecule has 0 aliphatic carbocycles. The predicted octanol–water partition coefficient (Wildman–Crippen LogP) is 2.80. The van der Waals surface area contributed by atoms with Crippen molar-refractivity contribution >= 4 is 9.84 Å². The molecule has 0 saturated heterocycles. The highest BCUT2D eigenvalue weighted by molar-refractivity contribution is 7.91. The average molecular weight is 254 g/mol. The van der Waals surface area contributed by atoms with E-state index >= 15 is 0 Å². The molecule has 17 heavy (non-hydrogen) atoms. The van der Waals surface area contributed by atoms with Crippen molar-refractivity contribution in [2.75, 3.05) is 5.75 Å². The van der Waals surface area contributed by atoms with Gasteiger partial charge in [0.15, 0.2) is 9.84 Å². The molecule has 4 heteroatoms. The van der Waals surface area contributed by atoms with Crippen molar-refractivity contribution in [2.45, 2.75) is 43.9 Å². The van der Waals surface area contributed by atoms with Crippen LogP contribution in [0.1, 0.15) is 50.2 Å². The summed E-state index contributed by atoms with van der Waals surface area (Å²) < 4.78 is 24.1. The highest BCUT2D eigenvalue weighted by atomic mass is 32.2. The van der Waals surface area contributed by atoms with Crippen LogP contribution in [0.2, 0.25) is 0 Å². The Labute approximate surface area is 102 Å². The third-order valence-electron chi connectivity index (χ3n) is 3.43. The standard InChI is InChI=1S/C13H18O3S/c1-8(2)11-6-10(14)7-12-13(11)9(3)4-5-17(12,15)16/h6-9,14H,4-5H2,1-3H3. The molecule has 0 fully saturated rings. The van der Waals surface area contributed by atoms with E-state index in [-0.39, 0.29) is 23.3 Å². The molecule has 0 bridgehead atoms. The van der Waals surface area contributed by atoms with Crippen molar-refractivity contribution in [3.05, 3.63) is 23.3 Å². The van der Waals surface area contributed by atoms with Gasteiger partial charge in [0.05, 0.1) is 10.6 Å². The van der Waals surface area contributed by atoms with Crippen LogP contribution in [-0.4, -0.2) is 19.3 Å². The van der Waals surface area contributed by atoms with Crippen molar-refractivity contribution in [1.29, 1.82) is 0 Å². The summed E-state index contributed by atoms with van der Waals surface area (Å²) in [6.07, 6.45) is 0.666. The monoisotopic (exact) mass is 254 g/mol. The van der Waals surface area contributed by atoms with Crippen LogP contribution >= 0.6 is 0 Å². The van der Waals surface area contributed by atoms with Gasteiger partial charge in [0.25, 0.3) is 0 Å². The van der Waals surface area contributed by atoms with E-state index in [1.807, 2.05) is 13.8 Å². The lowest BCUT2D eigenvalue weighted by Crippen LogP contribution is -2.20. The second-order valence-corrected chi connectivity index (χ2v) is 7.19. The zero-order valence-electron chi connectivity index (χ0n) is 10.4. The van der Waals surface area contributed by atoms with E-state index in [0.29, 0.717) is 11.3 Å². The number of hydrogen-bond donors (Lipinski definition) is 1. The van der Waals surface area contributed by atoms with Gasteiger partial charge in [0.1, 0.15) is 5.75 Å². The van der Waals surface area contributed by atoms with Crippen LogP contribution in [0.25, 0.3) is 0 Å². The lowest BCUT2D eigenvalue weighted by molar-refractivity contribution is 0.469. The van der Waals surface area contributed by atoms with Crippen LogP contribution in [0.4, 0.5) is 0 Å². The number of phenols is 1. The second kappa shape index (κ2) is 4.02. The molecular formula is C13H18O3S. The zero-order chi connectivity index (χ0) is 12.8. The summed E-state index contributed by atoms with van der Waals surface area (Å²) in [5.74, 6) is 0.686. The van der Waals surface area contributed by atoms with Gasteiger partial charge >= 0.3 is 0 Å². The number of sulfone groups is 1. The maximum atomic E-state index is 12.0. The van der Waals surface area contributed by atoms with E-state index in [4.69, 9.17) is 0 Å². The Morgan fingerprint density at radius 1 is 1.35 bits per heavy atom. The Kier molecular flexibility index (Phi) is 2.94. The first kappa shape index (κ1) is 12.4. The number of rotatable bonds is 1. The third-order valence-corrected chi connectivity index (χ3v) is 5.21. The van der Waals surface area contributed by atoms with Crippen LogP contribution in [0, 0.1) is 0 Å². The van der Waals surface area contributed by atoms with Crippen molar-refractivity contribution in [3.8, 4) is 5.75 Å². The summed E-state index contributed by atoms with van der Waals surface area (Å²) in [4.78, 5) is 0.333. The molecule has 0 radical (unpaired) electrons. The molecule has 1 atom stereocenters. The molecule has 1 aromatic rings. The quantitative estimate of drug-likeness (QED) is 0.838. The largest absolute Gasteiger partial charge is 0.508 e. The minimum Gasteiger partial charge on any atom is -0.508 e. The first-order valence-corrected chi connectivity index (χ1v) is 7.57. The summed E-state index contributed by atoms with van der Waals surface area (Å²) in [6.45, 7) is 6.09. The molecular weight excluding hydrogens is 236 g/mol. The summed E-state index contributed by atoms with van der Waals surface area (Å²) in [5.41, 5.74) is 1.86. The lowest BCUT2D eigenvalue weighted by Gasteiger charge is -2.27. The van der Waals surface area contributed by atoms with Gasteiger partial charge in [-0.2, -0.15) is 0 Å². The van der Waals surface area contributed by atoms with Crippen LogP contribution in [-0.2, 0) is 9.84 Å². The molecule has 3 nitrogen and oxygen atoms in total. The van der Waals surface area contributed by atoms with Gasteiger partial charge in [-0.15, -0.1) is 0 Å². The van der Waals surface area contributed by atoms with Gasteiger partial charge in [-0.25, -0.2) is 8.42 Å². The third kappa shape index (κ3) is 2.06. The summed E-state index contributed by atoms with van der Waals surface area (Å²) in [7, 11) is -3.21. The van der Waals surface area contributed by atoms with Gasteiger partial charge < -0.3 is 5.11 Å². The van der Waals surface area contributed by atoms with Crippen molar-refractivity contribution in [1.82, 2.24) is 0 Å². The maximum Gasteiger partial charge on any atom is 0.178 e. The molecule has 1 unspecified atom stereocenters. The number of fused-ring (bicyclic) bond motifs is 1. The topological polar surface area (TPSA) is 54.4 Å². The highest BCUT2D eigenvalue weighted by Gasteiger charge is 2.31. The highest BCUT2D eigenvalue weighted by Crippen LogP contribution is 2.40. The molecule has 0 amide bonds. The van der Waals surface area contributed by atoms with Crippen LogP contribution in [0.15, 0.2) is 17.0 Å². The molecule has 0 aromatic heterocycles. The van der Waals surface area contributed by atoms with Crippen LogP contribution in [0.5, 0.6) is 5.75 Å². The van der Waals surface area contributed by atoms with Crippen LogP contribution < -0.4 is 0 Å².